The Morgan fingerprint density at radius 3 is 3.11 bits per heavy atom. The Labute approximate surface area is 161 Å². The molecule has 1 saturated carbocycles. The number of hydrogen-bond acceptors (Lipinski definition) is 6. The van der Waals surface area contributed by atoms with Crippen molar-refractivity contribution in [3.63, 3.8) is 0 Å². The van der Waals surface area contributed by atoms with Crippen molar-refractivity contribution < 1.29 is 9.47 Å². The summed E-state index contributed by atoms with van der Waals surface area (Å²) >= 11 is 0. The van der Waals surface area contributed by atoms with Crippen molar-refractivity contribution in [3.05, 3.63) is 36.8 Å². The summed E-state index contributed by atoms with van der Waals surface area (Å²) in [7, 11) is 1.64. The van der Waals surface area contributed by atoms with Crippen LogP contribution in [0.2, 0.25) is 0 Å². The number of fused-ring (bicyclic) bond motifs is 2. The number of anilines is 1. The van der Waals surface area contributed by atoms with E-state index < -0.39 is 0 Å². The predicted octanol–water partition coefficient (Wildman–Crippen LogP) is 3.12. The standard InChI is InChI=1S/C20H22N6O2/c1-3-28-11-13-9-16(13)23-20-24-18-17(19(25-20)27-2)15(10-21-18)12-5-7-26-14(8-12)4-6-22-26/h4-8,10,13,16H,3,9,11H2,1-2H3,(H2,21,23,24,25)/t13-,16?/m1/s1. The van der Waals surface area contributed by atoms with Gasteiger partial charge < -0.3 is 19.8 Å². The van der Waals surface area contributed by atoms with Gasteiger partial charge in [-0.15, -0.1) is 0 Å². The van der Waals surface area contributed by atoms with Crippen LogP contribution in [0.4, 0.5) is 5.95 Å². The predicted molar refractivity (Wildman–Crippen MR) is 107 cm³/mol. The van der Waals surface area contributed by atoms with E-state index in [1.54, 1.807) is 13.3 Å². The van der Waals surface area contributed by atoms with Crippen LogP contribution < -0.4 is 10.1 Å². The van der Waals surface area contributed by atoms with Crippen LogP contribution in [-0.2, 0) is 4.74 Å². The van der Waals surface area contributed by atoms with Gasteiger partial charge >= 0.3 is 0 Å². The Morgan fingerprint density at radius 1 is 1.32 bits per heavy atom. The number of nitrogens with zero attached hydrogens (tertiary/aromatic N) is 4. The van der Waals surface area contributed by atoms with E-state index in [2.05, 4.69) is 31.4 Å². The van der Waals surface area contributed by atoms with Gasteiger partial charge in [0, 0.05) is 42.7 Å². The maximum absolute atomic E-state index is 5.60. The number of rotatable bonds is 7. The number of methoxy groups -OCH3 is 1. The molecule has 1 unspecified atom stereocenters. The zero-order valence-corrected chi connectivity index (χ0v) is 15.8. The summed E-state index contributed by atoms with van der Waals surface area (Å²) in [5, 5.41) is 8.52. The maximum Gasteiger partial charge on any atom is 0.228 e. The van der Waals surface area contributed by atoms with Gasteiger partial charge in [0.15, 0.2) is 0 Å². The first-order valence-corrected chi connectivity index (χ1v) is 9.48. The molecular weight excluding hydrogens is 356 g/mol. The molecule has 0 aliphatic heterocycles. The molecule has 0 amide bonds. The minimum Gasteiger partial charge on any atom is -0.480 e. The molecule has 0 radical (unpaired) electrons. The summed E-state index contributed by atoms with van der Waals surface area (Å²) in [5.41, 5.74) is 3.84. The summed E-state index contributed by atoms with van der Waals surface area (Å²) in [6, 6.07) is 6.44. The minimum absolute atomic E-state index is 0.354. The van der Waals surface area contributed by atoms with Gasteiger partial charge in [-0.3, -0.25) is 0 Å². The molecule has 1 aliphatic rings. The zero-order chi connectivity index (χ0) is 19.1. The quantitative estimate of drug-likeness (QED) is 0.514. The lowest BCUT2D eigenvalue weighted by molar-refractivity contribution is 0.136. The molecular formula is C20H22N6O2. The lowest BCUT2D eigenvalue weighted by Crippen LogP contribution is -2.11. The first-order valence-electron chi connectivity index (χ1n) is 9.48. The van der Waals surface area contributed by atoms with E-state index in [0.29, 0.717) is 23.8 Å². The molecule has 5 rings (SSSR count). The fourth-order valence-electron chi connectivity index (χ4n) is 3.57. The molecule has 1 fully saturated rings. The second-order valence-corrected chi connectivity index (χ2v) is 7.00. The van der Waals surface area contributed by atoms with Gasteiger partial charge in [0.05, 0.1) is 24.6 Å². The first-order chi connectivity index (χ1) is 13.8. The third-order valence-electron chi connectivity index (χ3n) is 5.18. The van der Waals surface area contributed by atoms with E-state index in [0.717, 1.165) is 47.3 Å². The first kappa shape index (κ1) is 17.0. The zero-order valence-electron chi connectivity index (χ0n) is 15.8. The number of nitrogens with one attached hydrogen (secondary N) is 2. The maximum atomic E-state index is 5.60. The molecule has 4 heterocycles. The number of aromatic nitrogens is 5. The molecule has 0 spiro atoms. The highest BCUT2D eigenvalue weighted by Gasteiger charge is 2.37. The molecule has 28 heavy (non-hydrogen) atoms. The van der Waals surface area contributed by atoms with Crippen LogP contribution in [0.5, 0.6) is 5.88 Å². The van der Waals surface area contributed by atoms with E-state index in [9.17, 15) is 0 Å². The second kappa shape index (κ2) is 6.79. The highest BCUT2D eigenvalue weighted by Crippen LogP contribution is 2.37. The second-order valence-electron chi connectivity index (χ2n) is 7.00. The number of H-pyrrole nitrogens is 1. The lowest BCUT2D eigenvalue weighted by atomic mass is 10.1. The van der Waals surface area contributed by atoms with Crippen LogP contribution in [0.3, 0.4) is 0 Å². The molecule has 0 saturated heterocycles. The molecule has 1 aliphatic carbocycles. The van der Waals surface area contributed by atoms with Crippen molar-refractivity contribution >= 4 is 22.5 Å². The summed E-state index contributed by atoms with van der Waals surface area (Å²) < 4.78 is 12.9. The molecule has 2 N–H and O–H groups in total. The van der Waals surface area contributed by atoms with Crippen LogP contribution in [0.25, 0.3) is 27.7 Å². The molecule has 8 heteroatoms. The van der Waals surface area contributed by atoms with E-state index in [4.69, 9.17) is 9.47 Å². The van der Waals surface area contributed by atoms with Gasteiger partial charge in [-0.1, -0.05) is 0 Å². The third-order valence-corrected chi connectivity index (χ3v) is 5.18. The normalized spacial score (nSPS) is 18.6. The topological polar surface area (TPSA) is 89.4 Å². The van der Waals surface area contributed by atoms with Crippen LogP contribution in [0.1, 0.15) is 13.3 Å². The summed E-state index contributed by atoms with van der Waals surface area (Å²) in [6.45, 7) is 3.54. The Balaban J connectivity index is 1.47. The van der Waals surface area contributed by atoms with Gasteiger partial charge in [0.1, 0.15) is 5.65 Å². The van der Waals surface area contributed by atoms with Gasteiger partial charge in [0.25, 0.3) is 0 Å². The van der Waals surface area contributed by atoms with Crippen LogP contribution in [0.15, 0.2) is 36.8 Å². The van der Waals surface area contributed by atoms with E-state index in [1.807, 2.05) is 36.0 Å². The highest BCUT2D eigenvalue weighted by molar-refractivity contribution is 5.98. The van der Waals surface area contributed by atoms with Gasteiger partial charge in [0.2, 0.25) is 11.8 Å². The fraction of sp³-hybridized carbons (Fsp3) is 0.350. The van der Waals surface area contributed by atoms with Crippen molar-refractivity contribution in [2.24, 2.45) is 5.92 Å². The largest absolute Gasteiger partial charge is 0.480 e. The lowest BCUT2D eigenvalue weighted by Gasteiger charge is -2.09. The average Bonchev–Trinajstić information content (AvgIpc) is 3.09. The van der Waals surface area contributed by atoms with Crippen molar-refractivity contribution in [1.29, 1.82) is 0 Å². The molecule has 0 aromatic carbocycles. The monoisotopic (exact) mass is 378 g/mol. The van der Waals surface area contributed by atoms with Crippen molar-refractivity contribution in [1.82, 2.24) is 24.6 Å². The summed E-state index contributed by atoms with van der Waals surface area (Å²) in [4.78, 5) is 12.5. The molecule has 4 aromatic heterocycles. The number of hydrogen-bond donors (Lipinski definition) is 2. The average molecular weight is 378 g/mol. The van der Waals surface area contributed by atoms with Gasteiger partial charge in [-0.05, 0) is 37.1 Å². The Hall–Kier alpha value is -3.13. The molecule has 0 bridgehead atoms. The SMILES string of the molecule is CCOC[C@H]1CC1Nc1nc(OC)c2c(-c3ccn4nccc4c3)c[nH]c2n1. The Bertz CT molecular complexity index is 1130. The van der Waals surface area contributed by atoms with Crippen molar-refractivity contribution in [3.8, 4) is 17.0 Å². The van der Waals surface area contributed by atoms with Crippen molar-refractivity contribution in [2.45, 2.75) is 19.4 Å². The number of ether oxygens (including phenoxy) is 2. The summed E-state index contributed by atoms with van der Waals surface area (Å²) in [5.74, 6) is 1.65. The third kappa shape index (κ3) is 2.95. The van der Waals surface area contributed by atoms with E-state index in [1.165, 1.54) is 0 Å². The number of aromatic amines is 1. The minimum atomic E-state index is 0.354. The summed E-state index contributed by atoms with van der Waals surface area (Å²) in [6.07, 6.45) is 6.75. The van der Waals surface area contributed by atoms with Gasteiger partial charge in [-0.2, -0.15) is 15.1 Å². The highest BCUT2D eigenvalue weighted by atomic mass is 16.5. The molecule has 8 nitrogen and oxygen atoms in total. The molecule has 4 aromatic rings. The van der Waals surface area contributed by atoms with Crippen LogP contribution >= 0.6 is 0 Å². The van der Waals surface area contributed by atoms with Crippen LogP contribution in [0, 0.1) is 5.92 Å². The van der Waals surface area contributed by atoms with Crippen molar-refractivity contribution in [2.75, 3.05) is 25.6 Å². The Kier molecular flexibility index (Phi) is 4.12. The molecule has 2 atom stereocenters. The smallest absolute Gasteiger partial charge is 0.228 e. The van der Waals surface area contributed by atoms with Crippen LogP contribution in [-0.4, -0.2) is 50.9 Å². The number of pyridine rings is 1. The fourth-order valence-corrected chi connectivity index (χ4v) is 3.57. The Morgan fingerprint density at radius 2 is 2.25 bits per heavy atom. The van der Waals surface area contributed by atoms with E-state index >= 15 is 0 Å². The van der Waals surface area contributed by atoms with E-state index in [-0.39, 0.29) is 0 Å². The molecule has 144 valence electrons. The van der Waals surface area contributed by atoms with Gasteiger partial charge in [-0.25, -0.2) is 4.52 Å².